The van der Waals surface area contributed by atoms with E-state index in [1.807, 2.05) is 89.2 Å². The topological polar surface area (TPSA) is 96.0 Å². The number of methoxy groups -OCH3 is 1. The summed E-state index contributed by atoms with van der Waals surface area (Å²) in [5.74, 6) is -0.568. The molecule has 4 aromatic rings. The molecule has 1 atom stereocenters. The Balaban J connectivity index is 1.85. The Morgan fingerprint density at radius 3 is 2.07 bits per heavy atom. The fraction of sp³-hybridized carbons (Fsp3) is 0.297. The maximum atomic E-state index is 14.7. The first kappa shape index (κ1) is 34.2. The molecule has 0 heterocycles. The van der Waals surface area contributed by atoms with Gasteiger partial charge in [0.05, 0.1) is 17.7 Å². The average molecular weight is 642 g/mol. The van der Waals surface area contributed by atoms with Crippen molar-refractivity contribution < 1.29 is 22.7 Å². The van der Waals surface area contributed by atoms with Crippen LogP contribution >= 0.6 is 0 Å². The number of ether oxygens (including phenoxy) is 1. The van der Waals surface area contributed by atoms with Crippen molar-refractivity contribution in [2.24, 2.45) is 0 Å². The van der Waals surface area contributed by atoms with E-state index in [0.29, 0.717) is 5.75 Å². The number of aryl methyl sites for hydroxylation is 2. The summed E-state index contributed by atoms with van der Waals surface area (Å²) >= 11 is 0. The molecule has 242 valence electrons. The number of hydrogen-bond acceptors (Lipinski definition) is 5. The number of para-hydroxylation sites is 2. The Labute approximate surface area is 273 Å². The molecule has 1 N–H and O–H groups in total. The second kappa shape index (κ2) is 14.6. The highest BCUT2D eigenvalue weighted by atomic mass is 32.2. The van der Waals surface area contributed by atoms with Crippen LogP contribution in [0.3, 0.4) is 0 Å². The van der Waals surface area contributed by atoms with Gasteiger partial charge in [0.15, 0.2) is 0 Å². The zero-order valence-corrected chi connectivity index (χ0v) is 28.2. The van der Waals surface area contributed by atoms with Gasteiger partial charge in [-0.3, -0.25) is 13.9 Å². The molecule has 1 unspecified atom stereocenters. The number of nitrogens with zero attached hydrogens (tertiary/aromatic N) is 2. The third-order valence-electron chi connectivity index (χ3n) is 7.61. The predicted octanol–water partition coefficient (Wildman–Crippen LogP) is 6.06. The third kappa shape index (κ3) is 8.54. The molecule has 4 rings (SSSR count). The van der Waals surface area contributed by atoms with Crippen LogP contribution in [-0.2, 0) is 32.6 Å². The van der Waals surface area contributed by atoms with Gasteiger partial charge in [-0.25, -0.2) is 8.42 Å². The number of rotatable bonds is 12. The molecular weight excluding hydrogens is 598 g/mol. The van der Waals surface area contributed by atoms with Crippen LogP contribution in [0.2, 0.25) is 0 Å². The molecule has 0 aliphatic rings. The number of carbonyl (C=O) groups excluding carboxylic acids is 2. The van der Waals surface area contributed by atoms with Crippen LogP contribution in [0.1, 0.15) is 43.0 Å². The number of carbonyl (C=O) groups is 2. The lowest BCUT2D eigenvalue weighted by Crippen LogP contribution is -2.56. The van der Waals surface area contributed by atoms with Crippen LogP contribution in [0, 0.1) is 13.8 Å². The fourth-order valence-corrected chi connectivity index (χ4v) is 6.59. The predicted molar refractivity (Wildman–Crippen MR) is 182 cm³/mol. The van der Waals surface area contributed by atoms with Crippen LogP contribution < -0.4 is 14.4 Å². The minimum absolute atomic E-state index is 0.0357. The quantitative estimate of drug-likeness (QED) is 0.203. The smallest absolute Gasteiger partial charge is 0.264 e. The Bertz CT molecular complexity index is 1750. The van der Waals surface area contributed by atoms with Crippen LogP contribution in [-0.4, -0.2) is 50.4 Å². The van der Waals surface area contributed by atoms with E-state index in [1.165, 1.54) is 24.1 Å². The maximum Gasteiger partial charge on any atom is 0.264 e. The van der Waals surface area contributed by atoms with Gasteiger partial charge in [-0.2, -0.15) is 0 Å². The molecule has 0 spiro atoms. The van der Waals surface area contributed by atoms with Gasteiger partial charge in [-0.1, -0.05) is 84.4 Å². The maximum absolute atomic E-state index is 14.7. The molecule has 2 amide bonds. The van der Waals surface area contributed by atoms with Crippen molar-refractivity contribution in [1.82, 2.24) is 10.2 Å². The van der Waals surface area contributed by atoms with Gasteiger partial charge < -0.3 is 15.0 Å². The van der Waals surface area contributed by atoms with E-state index in [2.05, 4.69) is 5.32 Å². The highest BCUT2D eigenvalue weighted by molar-refractivity contribution is 7.92. The summed E-state index contributed by atoms with van der Waals surface area (Å²) in [6.45, 7) is 9.02. The third-order valence-corrected chi connectivity index (χ3v) is 9.39. The van der Waals surface area contributed by atoms with Gasteiger partial charge in [0.2, 0.25) is 11.8 Å². The molecule has 0 radical (unpaired) electrons. The number of amides is 2. The Hall–Kier alpha value is -4.63. The van der Waals surface area contributed by atoms with E-state index in [9.17, 15) is 18.0 Å². The zero-order chi connectivity index (χ0) is 33.5. The first-order valence-corrected chi connectivity index (χ1v) is 16.7. The van der Waals surface area contributed by atoms with Crippen molar-refractivity contribution >= 4 is 27.5 Å². The molecule has 9 heteroatoms. The summed E-state index contributed by atoms with van der Waals surface area (Å²) in [5, 5.41) is 3.06. The monoisotopic (exact) mass is 641 g/mol. The Morgan fingerprint density at radius 1 is 0.826 bits per heavy atom. The molecule has 4 aromatic carbocycles. The van der Waals surface area contributed by atoms with Crippen molar-refractivity contribution in [3.63, 3.8) is 0 Å². The van der Waals surface area contributed by atoms with Gasteiger partial charge in [-0.15, -0.1) is 0 Å². The van der Waals surface area contributed by atoms with Gasteiger partial charge in [0.25, 0.3) is 10.0 Å². The lowest BCUT2D eigenvalue weighted by Gasteiger charge is -2.35. The van der Waals surface area contributed by atoms with E-state index in [4.69, 9.17) is 4.74 Å². The minimum Gasteiger partial charge on any atom is -0.495 e. The van der Waals surface area contributed by atoms with Gasteiger partial charge in [0, 0.05) is 18.5 Å². The van der Waals surface area contributed by atoms with E-state index in [1.54, 1.807) is 36.4 Å². The molecular formula is C37H43N3O5S. The molecule has 8 nitrogen and oxygen atoms in total. The minimum atomic E-state index is -4.24. The first-order chi connectivity index (χ1) is 21.8. The lowest BCUT2D eigenvalue weighted by molar-refractivity contribution is -0.140. The van der Waals surface area contributed by atoms with Crippen molar-refractivity contribution in [1.29, 1.82) is 0 Å². The molecule has 0 saturated carbocycles. The summed E-state index contributed by atoms with van der Waals surface area (Å²) in [6, 6.07) is 29.4. The molecule has 0 saturated heterocycles. The van der Waals surface area contributed by atoms with Gasteiger partial charge in [-0.05, 0) is 75.6 Å². The fourth-order valence-electron chi connectivity index (χ4n) is 5.16. The summed E-state index contributed by atoms with van der Waals surface area (Å²) in [7, 11) is -2.79. The second-order valence-electron chi connectivity index (χ2n) is 12.4. The normalized spacial score (nSPS) is 12.2. The highest BCUT2D eigenvalue weighted by Crippen LogP contribution is 2.33. The molecule has 46 heavy (non-hydrogen) atoms. The molecule has 0 aliphatic heterocycles. The van der Waals surface area contributed by atoms with Crippen molar-refractivity contribution in [2.75, 3.05) is 18.0 Å². The highest BCUT2D eigenvalue weighted by Gasteiger charge is 2.36. The summed E-state index contributed by atoms with van der Waals surface area (Å²) in [4.78, 5) is 30.2. The summed E-state index contributed by atoms with van der Waals surface area (Å²) in [5.41, 5.74) is 3.21. The molecule has 0 bridgehead atoms. The van der Waals surface area contributed by atoms with Gasteiger partial charge >= 0.3 is 0 Å². The number of benzene rings is 4. The standard InChI is InChI=1S/C37H43N3O5S/c1-27-20-22-31(23-21-27)46(43,44)40(32-18-12-13-19-34(32)45-6)26-35(41)39(25-30-17-11-10-14-28(30)2)33(36(42)38-37(3,4)5)24-29-15-8-7-9-16-29/h7-23,33H,24-26H2,1-6H3,(H,38,42). The lowest BCUT2D eigenvalue weighted by atomic mass is 10.00. The zero-order valence-electron chi connectivity index (χ0n) is 27.4. The number of hydrogen-bond donors (Lipinski definition) is 1. The molecule has 0 fully saturated rings. The SMILES string of the molecule is COc1ccccc1N(CC(=O)N(Cc1ccccc1C)C(Cc1ccccc1)C(=O)NC(C)(C)C)S(=O)(=O)c1ccc(C)cc1. The second-order valence-corrected chi connectivity index (χ2v) is 14.3. The Morgan fingerprint density at radius 2 is 1.43 bits per heavy atom. The first-order valence-electron chi connectivity index (χ1n) is 15.2. The van der Waals surface area contributed by atoms with Crippen molar-refractivity contribution in [3.8, 4) is 5.75 Å². The van der Waals surface area contributed by atoms with E-state index < -0.39 is 34.1 Å². The number of nitrogens with one attached hydrogen (secondary N) is 1. The van der Waals surface area contributed by atoms with Gasteiger partial charge in [0.1, 0.15) is 18.3 Å². The van der Waals surface area contributed by atoms with Crippen LogP contribution in [0.4, 0.5) is 5.69 Å². The summed E-state index contributed by atoms with van der Waals surface area (Å²) < 4.78 is 35.2. The molecule has 0 aliphatic carbocycles. The average Bonchev–Trinajstić information content (AvgIpc) is 3.02. The number of anilines is 1. The van der Waals surface area contributed by atoms with E-state index in [-0.39, 0.29) is 29.5 Å². The van der Waals surface area contributed by atoms with E-state index >= 15 is 0 Å². The van der Waals surface area contributed by atoms with Crippen molar-refractivity contribution in [2.45, 2.75) is 64.1 Å². The van der Waals surface area contributed by atoms with Crippen LogP contribution in [0.25, 0.3) is 0 Å². The van der Waals surface area contributed by atoms with Crippen LogP contribution in [0.15, 0.2) is 108 Å². The van der Waals surface area contributed by atoms with E-state index in [0.717, 1.165) is 26.6 Å². The number of sulfonamides is 1. The Kier molecular flexibility index (Phi) is 10.9. The van der Waals surface area contributed by atoms with Crippen molar-refractivity contribution in [3.05, 3.63) is 125 Å². The molecule has 0 aromatic heterocycles. The van der Waals surface area contributed by atoms with Crippen LogP contribution in [0.5, 0.6) is 5.75 Å². The largest absolute Gasteiger partial charge is 0.495 e. The summed E-state index contributed by atoms with van der Waals surface area (Å²) in [6.07, 6.45) is 0.236.